The second kappa shape index (κ2) is 14.0. The van der Waals surface area contributed by atoms with E-state index in [0.717, 1.165) is 11.1 Å². The molecule has 0 aliphatic carbocycles. The fourth-order valence-electron chi connectivity index (χ4n) is 4.32. The molecule has 0 spiro atoms. The summed E-state index contributed by atoms with van der Waals surface area (Å²) in [6.45, 7) is 2.91. The van der Waals surface area contributed by atoms with E-state index in [2.05, 4.69) is 26.5 Å². The Labute approximate surface area is 261 Å². The molecule has 2 aromatic carbocycles. The van der Waals surface area contributed by atoms with Crippen molar-refractivity contribution in [2.45, 2.75) is 19.9 Å². The summed E-state index contributed by atoms with van der Waals surface area (Å²) in [4.78, 5) is 63.7. The summed E-state index contributed by atoms with van der Waals surface area (Å²) in [6, 6.07) is 9.61. The lowest BCUT2D eigenvalue weighted by atomic mass is 9.95. The van der Waals surface area contributed by atoms with E-state index >= 15 is 0 Å². The van der Waals surface area contributed by atoms with Crippen LogP contribution in [0.1, 0.15) is 25.5 Å². The van der Waals surface area contributed by atoms with Gasteiger partial charge in [-0.2, -0.15) is 5.10 Å². The standard InChI is InChI=1S/C28H27ClN6O8S/c1-4-42-26(39)22-14(2)31-27(40)32-23(22)15-5-10-19(20(11-15)41-3)43-13-21(36)34-30-12-18-24(37)33-28(44)35(25(18)38)17-8-6-16(29)7-9-17/h5-12,18,23H,4,13H2,1-3H3,(H,34,36)(H2,31,32,40)(H,33,37,44)/b30-12-/t18-,23-/m0/s1. The first-order valence-corrected chi connectivity index (χ1v) is 13.8. The molecule has 2 aliphatic heterocycles. The van der Waals surface area contributed by atoms with Crippen molar-refractivity contribution in [3.8, 4) is 11.5 Å². The van der Waals surface area contributed by atoms with Gasteiger partial charge in [0, 0.05) is 16.9 Å². The molecule has 16 heteroatoms. The third-order valence-corrected chi connectivity index (χ3v) is 6.88. The number of thiocarbonyl (C=S) groups is 1. The zero-order valence-electron chi connectivity index (χ0n) is 23.6. The number of hydrogen-bond acceptors (Lipinski definition) is 10. The van der Waals surface area contributed by atoms with Crippen molar-refractivity contribution in [2.75, 3.05) is 25.2 Å². The van der Waals surface area contributed by atoms with Gasteiger partial charge in [-0.05, 0) is 68.0 Å². The predicted molar refractivity (Wildman–Crippen MR) is 162 cm³/mol. The number of hydrazone groups is 1. The van der Waals surface area contributed by atoms with Gasteiger partial charge in [0.15, 0.2) is 29.1 Å². The van der Waals surface area contributed by atoms with E-state index in [9.17, 15) is 24.0 Å². The van der Waals surface area contributed by atoms with Crippen LogP contribution in [0, 0.1) is 5.92 Å². The van der Waals surface area contributed by atoms with Gasteiger partial charge >= 0.3 is 12.0 Å². The minimum Gasteiger partial charge on any atom is -0.493 e. The molecular weight excluding hydrogens is 616 g/mol. The number of ether oxygens (including phenoxy) is 3. The molecule has 5 amide bonds. The maximum Gasteiger partial charge on any atom is 0.338 e. The molecule has 4 rings (SSSR count). The molecule has 0 unspecified atom stereocenters. The van der Waals surface area contributed by atoms with E-state index in [0.29, 0.717) is 22.0 Å². The minimum atomic E-state index is -1.36. The molecule has 4 N–H and O–H groups in total. The van der Waals surface area contributed by atoms with E-state index in [1.807, 2.05) is 0 Å². The van der Waals surface area contributed by atoms with Crippen molar-refractivity contribution in [2.24, 2.45) is 11.0 Å². The molecule has 230 valence electrons. The van der Waals surface area contributed by atoms with Crippen LogP contribution in [0.4, 0.5) is 10.5 Å². The van der Waals surface area contributed by atoms with Crippen LogP contribution in [-0.4, -0.2) is 61.4 Å². The zero-order valence-corrected chi connectivity index (χ0v) is 25.2. The lowest BCUT2D eigenvalue weighted by molar-refractivity contribution is -0.139. The van der Waals surface area contributed by atoms with Gasteiger partial charge in [-0.25, -0.2) is 15.0 Å². The van der Waals surface area contributed by atoms with Gasteiger partial charge in [0.1, 0.15) is 0 Å². The number of nitrogens with zero attached hydrogens (tertiary/aromatic N) is 2. The number of amides is 5. The highest BCUT2D eigenvalue weighted by Crippen LogP contribution is 2.34. The van der Waals surface area contributed by atoms with Gasteiger partial charge in [-0.15, -0.1) is 0 Å². The van der Waals surface area contributed by atoms with Crippen molar-refractivity contribution in [1.29, 1.82) is 0 Å². The number of nitrogens with one attached hydrogen (secondary N) is 4. The van der Waals surface area contributed by atoms with E-state index in [4.69, 9.17) is 38.0 Å². The van der Waals surface area contributed by atoms with Crippen molar-refractivity contribution < 1.29 is 38.2 Å². The predicted octanol–water partition coefficient (Wildman–Crippen LogP) is 2.08. The molecule has 1 fully saturated rings. The Morgan fingerprint density at radius 2 is 1.84 bits per heavy atom. The van der Waals surface area contributed by atoms with E-state index < -0.39 is 48.3 Å². The molecule has 2 heterocycles. The smallest absolute Gasteiger partial charge is 0.338 e. The number of halogens is 1. The number of anilines is 1. The molecule has 2 aliphatic rings. The Morgan fingerprint density at radius 1 is 1.11 bits per heavy atom. The third kappa shape index (κ3) is 7.12. The number of esters is 1. The Hall–Kier alpha value is -5.02. The normalized spacial score (nSPS) is 18.4. The summed E-state index contributed by atoms with van der Waals surface area (Å²) >= 11 is 11.1. The molecule has 0 saturated carbocycles. The third-order valence-electron chi connectivity index (χ3n) is 6.34. The largest absolute Gasteiger partial charge is 0.493 e. The molecular formula is C28H27ClN6O8S. The number of carbonyl (C=O) groups is 5. The van der Waals surface area contributed by atoms with Crippen LogP contribution in [0.3, 0.4) is 0 Å². The Morgan fingerprint density at radius 3 is 2.52 bits per heavy atom. The van der Waals surface area contributed by atoms with Crippen molar-refractivity contribution in [3.05, 3.63) is 64.3 Å². The van der Waals surface area contributed by atoms with E-state index in [-0.39, 0.29) is 28.8 Å². The first-order chi connectivity index (χ1) is 21.0. The zero-order chi connectivity index (χ0) is 32.0. The van der Waals surface area contributed by atoms with Gasteiger partial charge < -0.3 is 30.2 Å². The van der Waals surface area contributed by atoms with Crippen LogP contribution in [0.2, 0.25) is 5.02 Å². The van der Waals surface area contributed by atoms with Crippen molar-refractivity contribution in [1.82, 2.24) is 21.4 Å². The second-order valence-corrected chi connectivity index (χ2v) is 10.0. The van der Waals surface area contributed by atoms with Crippen LogP contribution in [0.15, 0.2) is 58.8 Å². The molecule has 2 atom stereocenters. The van der Waals surface area contributed by atoms with Crippen LogP contribution in [-0.2, 0) is 23.9 Å². The fourth-order valence-corrected chi connectivity index (χ4v) is 4.74. The number of rotatable bonds is 10. The lowest BCUT2D eigenvalue weighted by Crippen LogP contribution is -2.58. The number of benzene rings is 2. The summed E-state index contributed by atoms with van der Waals surface area (Å²) in [6.07, 6.45) is 0.986. The summed E-state index contributed by atoms with van der Waals surface area (Å²) in [5.41, 5.74) is 3.68. The molecule has 1 saturated heterocycles. The van der Waals surface area contributed by atoms with Crippen LogP contribution in [0.5, 0.6) is 11.5 Å². The van der Waals surface area contributed by atoms with Gasteiger partial charge in [0.2, 0.25) is 5.91 Å². The second-order valence-electron chi connectivity index (χ2n) is 9.22. The number of hydrogen-bond donors (Lipinski definition) is 4. The number of urea groups is 1. The topological polar surface area (TPSA) is 177 Å². The Kier molecular flexibility index (Phi) is 10.1. The molecule has 0 radical (unpaired) electrons. The molecule has 0 aromatic heterocycles. The molecule has 44 heavy (non-hydrogen) atoms. The number of methoxy groups -OCH3 is 1. The lowest BCUT2D eigenvalue weighted by Gasteiger charge is -2.30. The number of allylic oxidation sites excluding steroid dienone is 1. The van der Waals surface area contributed by atoms with E-state index in [1.54, 1.807) is 50.2 Å². The Balaban J connectivity index is 1.40. The summed E-state index contributed by atoms with van der Waals surface area (Å²) in [7, 11) is 1.38. The minimum absolute atomic E-state index is 0.102. The highest BCUT2D eigenvalue weighted by atomic mass is 35.5. The van der Waals surface area contributed by atoms with E-state index in [1.165, 1.54) is 13.2 Å². The van der Waals surface area contributed by atoms with Crippen LogP contribution < -0.4 is 35.7 Å². The average Bonchev–Trinajstić information content (AvgIpc) is 2.98. The van der Waals surface area contributed by atoms with Crippen molar-refractivity contribution >= 4 is 70.6 Å². The quantitative estimate of drug-likeness (QED) is 0.0993. The summed E-state index contributed by atoms with van der Waals surface area (Å²) in [5, 5.41) is 11.8. The monoisotopic (exact) mass is 642 g/mol. The average molecular weight is 643 g/mol. The first-order valence-electron chi connectivity index (χ1n) is 13.1. The van der Waals surface area contributed by atoms with Crippen LogP contribution >= 0.6 is 23.8 Å². The maximum absolute atomic E-state index is 13.0. The maximum atomic E-state index is 13.0. The highest BCUT2D eigenvalue weighted by Gasteiger charge is 2.38. The van der Waals surface area contributed by atoms with Crippen LogP contribution in [0.25, 0.3) is 0 Å². The SMILES string of the molecule is CCOC(=O)C1=C(C)NC(=O)N[C@H]1c1ccc(OCC(=O)N/N=C\[C@H]2C(=O)NC(=S)N(c3ccc(Cl)cc3)C2=O)c(OC)c1. The first kappa shape index (κ1) is 31.9. The summed E-state index contributed by atoms with van der Waals surface area (Å²) < 4.78 is 16.1. The van der Waals surface area contributed by atoms with Gasteiger partial charge in [-0.1, -0.05) is 17.7 Å². The van der Waals surface area contributed by atoms with Crippen molar-refractivity contribution in [3.63, 3.8) is 0 Å². The van der Waals surface area contributed by atoms with Gasteiger partial charge in [0.25, 0.3) is 11.8 Å². The van der Waals surface area contributed by atoms with Gasteiger partial charge in [-0.3, -0.25) is 19.3 Å². The molecule has 0 bridgehead atoms. The molecule has 2 aromatic rings. The van der Waals surface area contributed by atoms with Gasteiger partial charge in [0.05, 0.1) is 31.0 Å². The number of carbonyl (C=O) groups excluding carboxylic acids is 5. The fraction of sp³-hybridized carbons (Fsp3) is 0.250. The highest BCUT2D eigenvalue weighted by molar-refractivity contribution is 7.80. The Bertz CT molecular complexity index is 1580. The molecule has 14 nitrogen and oxygen atoms in total. The summed E-state index contributed by atoms with van der Waals surface area (Å²) in [5.74, 6) is -3.62.